The summed E-state index contributed by atoms with van der Waals surface area (Å²) >= 11 is 0. The van der Waals surface area contributed by atoms with Crippen LogP contribution in [0.4, 0.5) is 10.5 Å². The Morgan fingerprint density at radius 1 is 1.29 bits per heavy atom. The number of hydrogen-bond acceptors (Lipinski definition) is 3. The maximum Gasteiger partial charge on any atom is 0.409 e. The van der Waals surface area contributed by atoms with Gasteiger partial charge < -0.3 is 9.67 Å². The van der Waals surface area contributed by atoms with Crippen molar-refractivity contribution in [2.75, 3.05) is 5.32 Å². The van der Waals surface area contributed by atoms with Crippen molar-refractivity contribution in [3.63, 3.8) is 0 Å². The molecule has 0 aliphatic rings. The number of amides is 1. The average Bonchev–Trinajstić information content (AvgIpc) is 2.95. The SMILES string of the molecule is Cn1ccc(-n2ccc3c(c(NC(=O)O)cn3C)c2=O)n1. The fraction of sp³-hybridized carbons (Fsp3) is 0.154. The summed E-state index contributed by atoms with van der Waals surface area (Å²) < 4.78 is 4.67. The van der Waals surface area contributed by atoms with E-state index in [4.69, 9.17) is 5.11 Å². The van der Waals surface area contributed by atoms with E-state index in [1.165, 1.54) is 4.57 Å². The highest BCUT2D eigenvalue weighted by Gasteiger charge is 2.15. The summed E-state index contributed by atoms with van der Waals surface area (Å²) in [6.45, 7) is 0. The maximum atomic E-state index is 12.6. The predicted molar refractivity (Wildman–Crippen MR) is 76.9 cm³/mol. The summed E-state index contributed by atoms with van der Waals surface area (Å²) in [5, 5.41) is 15.6. The number of aryl methyl sites for hydroxylation is 2. The molecule has 8 heteroatoms. The van der Waals surface area contributed by atoms with Crippen LogP contribution in [0.25, 0.3) is 16.7 Å². The molecule has 3 aromatic rings. The van der Waals surface area contributed by atoms with Crippen LogP contribution in [0.2, 0.25) is 0 Å². The minimum atomic E-state index is -1.21. The molecule has 3 aromatic heterocycles. The van der Waals surface area contributed by atoms with E-state index in [0.29, 0.717) is 16.7 Å². The Morgan fingerprint density at radius 2 is 2.05 bits per heavy atom. The number of pyridine rings is 1. The Bertz CT molecular complexity index is 902. The monoisotopic (exact) mass is 287 g/mol. The van der Waals surface area contributed by atoms with Crippen molar-refractivity contribution < 1.29 is 9.90 Å². The number of fused-ring (bicyclic) bond motifs is 1. The standard InChI is InChI=1S/C13H13N5O3/c1-16-7-8(14-13(20)21)11-9(16)3-6-18(12(11)19)10-4-5-17(2)15-10/h3-7,14H,1-2H3,(H,20,21). The molecule has 0 aliphatic carbocycles. The largest absolute Gasteiger partial charge is 0.465 e. The van der Waals surface area contributed by atoms with Crippen LogP contribution >= 0.6 is 0 Å². The second-order valence-corrected chi connectivity index (χ2v) is 4.68. The van der Waals surface area contributed by atoms with Crippen molar-refractivity contribution in [3.8, 4) is 5.82 Å². The van der Waals surface area contributed by atoms with Gasteiger partial charge in [0.2, 0.25) is 0 Å². The van der Waals surface area contributed by atoms with E-state index in [1.54, 1.807) is 54.1 Å². The number of anilines is 1. The summed E-state index contributed by atoms with van der Waals surface area (Å²) in [4.78, 5) is 23.5. The second kappa shape index (κ2) is 4.51. The minimum Gasteiger partial charge on any atom is -0.465 e. The number of rotatable bonds is 2. The number of carbonyl (C=O) groups is 1. The molecule has 2 N–H and O–H groups in total. The normalized spacial score (nSPS) is 11.0. The number of nitrogens with zero attached hydrogens (tertiary/aromatic N) is 4. The molecular formula is C13H13N5O3. The average molecular weight is 287 g/mol. The Labute approximate surface area is 118 Å². The van der Waals surface area contributed by atoms with Crippen molar-refractivity contribution >= 4 is 22.7 Å². The molecule has 8 nitrogen and oxygen atoms in total. The van der Waals surface area contributed by atoms with Crippen LogP contribution in [0, 0.1) is 0 Å². The molecule has 3 rings (SSSR count). The van der Waals surface area contributed by atoms with Crippen LogP contribution in [-0.4, -0.2) is 30.1 Å². The van der Waals surface area contributed by atoms with Crippen LogP contribution in [0.3, 0.4) is 0 Å². The molecule has 0 saturated carbocycles. The first-order valence-corrected chi connectivity index (χ1v) is 6.18. The lowest BCUT2D eigenvalue weighted by Crippen LogP contribution is -2.19. The number of nitrogens with one attached hydrogen (secondary N) is 1. The zero-order valence-electron chi connectivity index (χ0n) is 11.4. The molecule has 0 saturated heterocycles. The van der Waals surface area contributed by atoms with Gasteiger partial charge in [-0.3, -0.25) is 19.4 Å². The Hall–Kier alpha value is -3.03. The van der Waals surface area contributed by atoms with Gasteiger partial charge in [-0.2, -0.15) is 5.10 Å². The molecule has 108 valence electrons. The minimum absolute atomic E-state index is 0.260. The summed E-state index contributed by atoms with van der Waals surface area (Å²) in [7, 11) is 3.51. The summed E-state index contributed by atoms with van der Waals surface area (Å²) in [6, 6.07) is 3.46. The van der Waals surface area contributed by atoms with Crippen LogP contribution in [0.1, 0.15) is 0 Å². The van der Waals surface area contributed by atoms with Gasteiger partial charge in [-0.25, -0.2) is 4.79 Å². The molecule has 0 fully saturated rings. The third kappa shape index (κ3) is 2.06. The van der Waals surface area contributed by atoms with Crippen molar-refractivity contribution in [1.29, 1.82) is 0 Å². The third-order valence-corrected chi connectivity index (χ3v) is 3.23. The van der Waals surface area contributed by atoms with Crippen LogP contribution in [0.5, 0.6) is 0 Å². The van der Waals surface area contributed by atoms with Crippen LogP contribution in [-0.2, 0) is 14.1 Å². The topological polar surface area (TPSA) is 94.1 Å². The van der Waals surface area contributed by atoms with E-state index in [9.17, 15) is 9.59 Å². The van der Waals surface area contributed by atoms with Crippen LogP contribution in [0.15, 0.2) is 35.5 Å². The van der Waals surface area contributed by atoms with Gasteiger partial charge in [0, 0.05) is 38.8 Å². The second-order valence-electron chi connectivity index (χ2n) is 4.68. The molecule has 0 radical (unpaired) electrons. The molecule has 21 heavy (non-hydrogen) atoms. The molecule has 3 heterocycles. The molecule has 0 unspecified atom stereocenters. The number of aromatic nitrogens is 4. The quantitative estimate of drug-likeness (QED) is 0.739. The van der Waals surface area contributed by atoms with Gasteiger partial charge in [0.05, 0.1) is 16.6 Å². The van der Waals surface area contributed by atoms with Gasteiger partial charge in [-0.1, -0.05) is 0 Å². The summed E-state index contributed by atoms with van der Waals surface area (Å²) in [5.74, 6) is 0.481. The number of carboxylic acid groups (broad SMARTS) is 1. The third-order valence-electron chi connectivity index (χ3n) is 3.23. The highest BCUT2D eigenvalue weighted by molar-refractivity contribution is 5.98. The van der Waals surface area contributed by atoms with E-state index in [2.05, 4.69) is 10.4 Å². The fourth-order valence-corrected chi connectivity index (χ4v) is 2.32. The molecule has 0 aromatic carbocycles. The molecule has 0 bridgehead atoms. The Balaban J connectivity index is 2.28. The van der Waals surface area contributed by atoms with E-state index in [1.807, 2.05) is 0 Å². The molecular weight excluding hydrogens is 274 g/mol. The number of hydrogen-bond donors (Lipinski definition) is 2. The molecule has 0 spiro atoms. The van der Waals surface area contributed by atoms with Crippen molar-refractivity contribution in [1.82, 2.24) is 18.9 Å². The van der Waals surface area contributed by atoms with E-state index in [-0.39, 0.29) is 11.2 Å². The highest BCUT2D eigenvalue weighted by Crippen LogP contribution is 2.22. The van der Waals surface area contributed by atoms with Gasteiger partial charge in [0.15, 0.2) is 5.82 Å². The van der Waals surface area contributed by atoms with E-state index in [0.717, 1.165) is 0 Å². The molecule has 0 aliphatic heterocycles. The first-order valence-electron chi connectivity index (χ1n) is 6.18. The van der Waals surface area contributed by atoms with Gasteiger partial charge in [-0.15, -0.1) is 0 Å². The van der Waals surface area contributed by atoms with E-state index >= 15 is 0 Å². The first-order chi connectivity index (χ1) is 9.97. The van der Waals surface area contributed by atoms with Crippen molar-refractivity contribution in [2.45, 2.75) is 0 Å². The maximum absolute atomic E-state index is 12.6. The summed E-state index contributed by atoms with van der Waals surface area (Å²) in [5.41, 5.74) is 0.585. The van der Waals surface area contributed by atoms with Gasteiger partial charge in [0.25, 0.3) is 5.56 Å². The van der Waals surface area contributed by atoms with E-state index < -0.39 is 6.09 Å². The van der Waals surface area contributed by atoms with Crippen LogP contribution < -0.4 is 10.9 Å². The summed E-state index contributed by atoms with van der Waals surface area (Å²) in [6.07, 6.45) is 3.71. The molecule has 1 amide bonds. The smallest absolute Gasteiger partial charge is 0.409 e. The predicted octanol–water partition coefficient (Wildman–Crippen LogP) is 1.15. The van der Waals surface area contributed by atoms with Crippen molar-refractivity contribution in [3.05, 3.63) is 41.1 Å². The Kier molecular flexibility index (Phi) is 2.79. The zero-order valence-corrected chi connectivity index (χ0v) is 11.4. The first kappa shape index (κ1) is 13.0. The zero-order chi connectivity index (χ0) is 15.1. The lowest BCUT2D eigenvalue weighted by molar-refractivity contribution is 0.210. The lowest BCUT2D eigenvalue weighted by Gasteiger charge is -2.03. The van der Waals surface area contributed by atoms with Gasteiger partial charge >= 0.3 is 6.09 Å². The Morgan fingerprint density at radius 3 is 2.67 bits per heavy atom. The molecule has 0 atom stereocenters. The lowest BCUT2D eigenvalue weighted by atomic mass is 10.3. The van der Waals surface area contributed by atoms with Gasteiger partial charge in [-0.05, 0) is 6.07 Å². The van der Waals surface area contributed by atoms with Crippen molar-refractivity contribution in [2.24, 2.45) is 14.1 Å². The fourth-order valence-electron chi connectivity index (χ4n) is 2.32. The van der Waals surface area contributed by atoms with Gasteiger partial charge in [0.1, 0.15) is 0 Å². The highest BCUT2D eigenvalue weighted by atomic mass is 16.4.